The lowest BCUT2D eigenvalue weighted by Crippen LogP contribution is -2.41. The number of likely N-dealkylation sites (tertiary alicyclic amines) is 1. The van der Waals surface area contributed by atoms with E-state index < -0.39 is 0 Å². The first-order valence-corrected chi connectivity index (χ1v) is 7.97. The zero-order valence-electron chi connectivity index (χ0n) is 12.2. The third-order valence-electron chi connectivity index (χ3n) is 4.02. The van der Waals surface area contributed by atoms with E-state index in [1.165, 1.54) is 0 Å². The molecule has 2 aromatic rings. The number of rotatable bonds is 4. The van der Waals surface area contributed by atoms with Gasteiger partial charge in [0.25, 0.3) is 5.91 Å². The molecule has 1 amide bonds. The number of methoxy groups -OCH3 is 1. The first-order valence-electron chi connectivity index (χ1n) is 7.02. The number of carbonyl (C=O) groups excluding carboxylic acids is 1. The lowest BCUT2D eigenvalue weighted by molar-refractivity contribution is 0.0509. The average Bonchev–Trinajstić information content (AvgIpc) is 3.19. The van der Waals surface area contributed by atoms with E-state index in [9.17, 15) is 4.79 Å². The summed E-state index contributed by atoms with van der Waals surface area (Å²) in [5.41, 5.74) is 1.91. The number of hydrogen-bond acceptors (Lipinski definition) is 4. The van der Waals surface area contributed by atoms with Gasteiger partial charge in [-0.3, -0.25) is 9.48 Å². The molecule has 1 aliphatic heterocycles. The van der Waals surface area contributed by atoms with Gasteiger partial charge in [0, 0.05) is 32.3 Å². The number of ether oxygens (including phenoxy) is 1. The van der Waals surface area contributed by atoms with Crippen LogP contribution in [0.3, 0.4) is 0 Å². The fourth-order valence-corrected chi connectivity index (χ4v) is 3.59. The molecule has 0 aliphatic carbocycles. The molecule has 0 spiro atoms. The second kappa shape index (κ2) is 5.99. The summed E-state index contributed by atoms with van der Waals surface area (Å²) in [5, 5.41) is 8.05. The van der Waals surface area contributed by atoms with Gasteiger partial charge in [-0.2, -0.15) is 16.4 Å². The third-order valence-corrected chi connectivity index (χ3v) is 4.70. The molecule has 3 rings (SSSR count). The number of hydrogen-bond donors (Lipinski definition) is 0. The molecule has 0 saturated carbocycles. The Morgan fingerprint density at radius 3 is 3.05 bits per heavy atom. The molecular formula is C15H19N3O2S. The molecule has 2 aromatic heterocycles. The zero-order chi connectivity index (χ0) is 14.8. The van der Waals surface area contributed by atoms with Crippen molar-refractivity contribution < 1.29 is 9.53 Å². The summed E-state index contributed by atoms with van der Waals surface area (Å²) in [4.78, 5) is 14.6. The second-order valence-electron chi connectivity index (χ2n) is 5.37. The SMILES string of the molecule is CO[C@H]1CCN(C(=O)c2ccsc2)[C@@H]1Cc1cnn(C)c1. The van der Waals surface area contributed by atoms with Crippen LogP contribution < -0.4 is 0 Å². The van der Waals surface area contributed by atoms with Gasteiger partial charge in [-0.05, 0) is 29.9 Å². The predicted octanol–water partition coefficient (Wildman–Crippen LogP) is 1.95. The van der Waals surface area contributed by atoms with Crippen molar-refractivity contribution in [1.82, 2.24) is 14.7 Å². The molecule has 1 saturated heterocycles. The lowest BCUT2D eigenvalue weighted by atomic mass is 10.0. The van der Waals surface area contributed by atoms with Crippen molar-refractivity contribution in [2.75, 3.05) is 13.7 Å². The molecule has 0 radical (unpaired) electrons. The van der Waals surface area contributed by atoms with Crippen LogP contribution in [0, 0.1) is 0 Å². The quantitative estimate of drug-likeness (QED) is 0.867. The molecule has 5 nitrogen and oxygen atoms in total. The number of carbonyl (C=O) groups is 1. The van der Waals surface area contributed by atoms with Crippen LogP contribution in [0.1, 0.15) is 22.3 Å². The Hall–Kier alpha value is -1.66. The molecule has 1 aliphatic rings. The summed E-state index contributed by atoms with van der Waals surface area (Å²) in [6, 6.07) is 1.96. The minimum atomic E-state index is 0.0756. The fraction of sp³-hybridized carbons (Fsp3) is 0.467. The van der Waals surface area contributed by atoms with Crippen LogP contribution in [0.2, 0.25) is 0 Å². The highest BCUT2D eigenvalue weighted by Crippen LogP contribution is 2.26. The van der Waals surface area contributed by atoms with Crippen LogP contribution in [-0.2, 0) is 18.2 Å². The van der Waals surface area contributed by atoms with E-state index in [4.69, 9.17) is 4.74 Å². The Kier molecular flexibility index (Phi) is 4.07. The summed E-state index contributed by atoms with van der Waals surface area (Å²) in [5.74, 6) is 0.102. The molecule has 0 aromatic carbocycles. The summed E-state index contributed by atoms with van der Waals surface area (Å²) in [6.07, 6.45) is 5.61. The van der Waals surface area contributed by atoms with Crippen LogP contribution in [0.5, 0.6) is 0 Å². The van der Waals surface area contributed by atoms with Gasteiger partial charge in [0.2, 0.25) is 0 Å². The Bertz CT molecular complexity index is 608. The van der Waals surface area contributed by atoms with Gasteiger partial charge < -0.3 is 9.64 Å². The highest BCUT2D eigenvalue weighted by molar-refractivity contribution is 7.08. The smallest absolute Gasteiger partial charge is 0.255 e. The Balaban J connectivity index is 1.80. The Labute approximate surface area is 128 Å². The van der Waals surface area contributed by atoms with Crippen LogP contribution in [-0.4, -0.2) is 46.4 Å². The molecule has 21 heavy (non-hydrogen) atoms. The maximum Gasteiger partial charge on any atom is 0.255 e. The van der Waals surface area contributed by atoms with E-state index in [-0.39, 0.29) is 18.1 Å². The topological polar surface area (TPSA) is 47.4 Å². The summed E-state index contributed by atoms with van der Waals surface area (Å²) < 4.78 is 7.37. The van der Waals surface area contributed by atoms with Gasteiger partial charge in [0.1, 0.15) is 0 Å². The minimum Gasteiger partial charge on any atom is -0.379 e. The molecular weight excluding hydrogens is 286 g/mol. The first-order chi connectivity index (χ1) is 10.2. The molecule has 2 atom stereocenters. The summed E-state index contributed by atoms with van der Waals surface area (Å²) in [6.45, 7) is 0.748. The van der Waals surface area contributed by atoms with Crippen molar-refractivity contribution in [2.24, 2.45) is 7.05 Å². The van der Waals surface area contributed by atoms with E-state index in [0.717, 1.165) is 30.5 Å². The molecule has 112 valence electrons. The highest BCUT2D eigenvalue weighted by atomic mass is 32.1. The van der Waals surface area contributed by atoms with E-state index in [2.05, 4.69) is 5.10 Å². The maximum atomic E-state index is 12.6. The van der Waals surface area contributed by atoms with Crippen molar-refractivity contribution in [1.29, 1.82) is 0 Å². The predicted molar refractivity (Wildman–Crippen MR) is 81.5 cm³/mol. The zero-order valence-corrected chi connectivity index (χ0v) is 13.0. The van der Waals surface area contributed by atoms with E-state index >= 15 is 0 Å². The molecule has 3 heterocycles. The molecule has 0 bridgehead atoms. The van der Waals surface area contributed by atoms with Crippen molar-refractivity contribution in [3.8, 4) is 0 Å². The molecule has 6 heteroatoms. The van der Waals surface area contributed by atoms with Crippen LogP contribution >= 0.6 is 11.3 Å². The van der Waals surface area contributed by atoms with Gasteiger partial charge in [-0.15, -0.1) is 0 Å². The number of thiophene rings is 1. The maximum absolute atomic E-state index is 12.6. The first kappa shape index (κ1) is 14.3. The largest absolute Gasteiger partial charge is 0.379 e. The van der Waals surface area contributed by atoms with Crippen molar-refractivity contribution in [3.63, 3.8) is 0 Å². The van der Waals surface area contributed by atoms with Crippen molar-refractivity contribution in [2.45, 2.75) is 25.0 Å². The monoisotopic (exact) mass is 305 g/mol. The van der Waals surface area contributed by atoms with Gasteiger partial charge in [0.15, 0.2) is 0 Å². The van der Waals surface area contributed by atoms with E-state index in [0.29, 0.717) is 0 Å². The van der Waals surface area contributed by atoms with E-state index in [1.54, 1.807) is 23.1 Å². The Morgan fingerprint density at radius 2 is 2.43 bits per heavy atom. The second-order valence-corrected chi connectivity index (χ2v) is 6.15. The van der Waals surface area contributed by atoms with Crippen molar-refractivity contribution in [3.05, 3.63) is 40.3 Å². The number of amides is 1. The van der Waals surface area contributed by atoms with Crippen LogP contribution in [0.4, 0.5) is 0 Å². The molecule has 0 N–H and O–H groups in total. The minimum absolute atomic E-state index is 0.0756. The normalized spacial score (nSPS) is 21.9. The standard InChI is InChI=1S/C15H19N3O2S/c1-17-9-11(8-16-17)7-13-14(20-2)3-5-18(13)15(19)12-4-6-21-10-12/h4,6,8-10,13-14H,3,5,7H2,1-2H3/t13-,14+/m1/s1. The van der Waals surface area contributed by atoms with Crippen molar-refractivity contribution >= 4 is 17.2 Å². The third kappa shape index (κ3) is 2.87. The number of aromatic nitrogens is 2. The summed E-state index contributed by atoms with van der Waals surface area (Å²) in [7, 11) is 3.62. The Morgan fingerprint density at radius 1 is 1.57 bits per heavy atom. The van der Waals surface area contributed by atoms with Gasteiger partial charge >= 0.3 is 0 Å². The number of aryl methyl sites for hydroxylation is 1. The molecule has 1 fully saturated rings. The van der Waals surface area contributed by atoms with Gasteiger partial charge in [0.05, 0.1) is 23.9 Å². The van der Waals surface area contributed by atoms with Crippen LogP contribution in [0.15, 0.2) is 29.2 Å². The highest BCUT2D eigenvalue weighted by Gasteiger charge is 2.37. The van der Waals surface area contributed by atoms with Gasteiger partial charge in [-0.25, -0.2) is 0 Å². The van der Waals surface area contributed by atoms with Crippen LogP contribution in [0.25, 0.3) is 0 Å². The van der Waals surface area contributed by atoms with Gasteiger partial charge in [-0.1, -0.05) is 0 Å². The number of nitrogens with zero attached hydrogens (tertiary/aromatic N) is 3. The summed E-state index contributed by atoms with van der Waals surface area (Å²) >= 11 is 1.55. The molecule has 0 unspecified atom stereocenters. The lowest BCUT2D eigenvalue weighted by Gasteiger charge is -2.27. The average molecular weight is 305 g/mol. The van der Waals surface area contributed by atoms with E-state index in [1.807, 2.05) is 41.2 Å². The fourth-order valence-electron chi connectivity index (χ4n) is 2.96.